The predicted octanol–water partition coefficient (Wildman–Crippen LogP) is 2.46. The number of thioether (sulfide) groups is 1. The Kier molecular flexibility index (Phi) is 6.62. The number of nitrogens with one attached hydrogen (secondary N) is 2. The molecular formula is C15H18ClN5O2S. The number of imide groups is 1. The molecule has 1 aromatic carbocycles. The SMILES string of the molecule is CCCNC(=O)NC(=O)CSc1nnc(-c2ccc(Cl)cc2)n1C. The minimum atomic E-state index is -0.484. The largest absolute Gasteiger partial charge is 0.338 e. The van der Waals surface area contributed by atoms with Gasteiger partial charge < -0.3 is 9.88 Å². The van der Waals surface area contributed by atoms with Crippen molar-refractivity contribution < 1.29 is 9.59 Å². The van der Waals surface area contributed by atoms with E-state index >= 15 is 0 Å². The van der Waals surface area contributed by atoms with Crippen molar-refractivity contribution in [1.29, 1.82) is 0 Å². The Balaban J connectivity index is 1.93. The fourth-order valence-corrected chi connectivity index (χ4v) is 2.70. The maximum atomic E-state index is 11.8. The molecule has 0 bridgehead atoms. The first-order chi connectivity index (χ1) is 11.5. The lowest BCUT2D eigenvalue weighted by Crippen LogP contribution is -2.40. The summed E-state index contributed by atoms with van der Waals surface area (Å²) >= 11 is 7.09. The molecule has 2 rings (SSSR count). The number of aromatic nitrogens is 3. The van der Waals surface area contributed by atoms with Gasteiger partial charge in [-0.1, -0.05) is 30.3 Å². The lowest BCUT2D eigenvalue weighted by Gasteiger charge is -2.06. The van der Waals surface area contributed by atoms with E-state index in [0.717, 1.165) is 12.0 Å². The Morgan fingerprint density at radius 1 is 1.25 bits per heavy atom. The van der Waals surface area contributed by atoms with Crippen LogP contribution in [-0.2, 0) is 11.8 Å². The summed E-state index contributed by atoms with van der Waals surface area (Å²) in [4.78, 5) is 23.2. The first kappa shape index (κ1) is 18.3. The average molecular weight is 368 g/mol. The normalized spacial score (nSPS) is 10.5. The summed E-state index contributed by atoms with van der Waals surface area (Å²) in [6.07, 6.45) is 0.808. The van der Waals surface area contributed by atoms with Gasteiger partial charge in [0.2, 0.25) is 5.91 Å². The van der Waals surface area contributed by atoms with Crippen LogP contribution in [0.1, 0.15) is 13.3 Å². The number of carbonyl (C=O) groups is 2. The van der Waals surface area contributed by atoms with Crippen molar-refractivity contribution in [2.24, 2.45) is 7.05 Å². The van der Waals surface area contributed by atoms with Gasteiger partial charge in [-0.05, 0) is 30.7 Å². The van der Waals surface area contributed by atoms with Crippen LogP contribution in [0.25, 0.3) is 11.4 Å². The molecule has 0 atom stereocenters. The number of halogens is 1. The quantitative estimate of drug-likeness (QED) is 0.765. The molecule has 0 spiro atoms. The van der Waals surface area contributed by atoms with Gasteiger partial charge in [0.05, 0.1) is 5.75 Å². The highest BCUT2D eigenvalue weighted by molar-refractivity contribution is 7.99. The number of urea groups is 1. The van der Waals surface area contributed by atoms with Gasteiger partial charge in [0.1, 0.15) is 0 Å². The second kappa shape index (κ2) is 8.70. The molecule has 0 aliphatic rings. The molecule has 9 heteroatoms. The third-order valence-corrected chi connectivity index (χ3v) is 4.33. The van der Waals surface area contributed by atoms with Crippen LogP contribution >= 0.6 is 23.4 Å². The molecule has 24 heavy (non-hydrogen) atoms. The van der Waals surface area contributed by atoms with Gasteiger partial charge in [-0.25, -0.2) is 4.79 Å². The van der Waals surface area contributed by atoms with Crippen molar-refractivity contribution in [3.63, 3.8) is 0 Å². The Morgan fingerprint density at radius 2 is 1.96 bits per heavy atom. The van der Waals surface area contributed by atoms with Crippen molar-refractivity contribution in [2.45, 2.75) is 18.5 Å². The summed E-state index contributed by atoms with van der Waals surface area (Å²) in [5, 5.41) is 14.3. The van der Waals surface area contributed by atoms with E-state index in [1.54, 1.807) is 16.7 Å². The molecule has 7 nitrogen and oxygen atoms in total. The molecule has 0 radical (unpaired) electrons. The zero-order chi connectivity index (χ0) is 17.5. The summed E-state index contributed by atoms with van der Waals surface area (Å²) in [5.41, 5.74) is 0.879. The van der Waals surface area contributed by atoms with E-state index in [1.807, 2.05) is 26.1 Å². The van der Waals surface area contributed by atoms with E-state index < -0.39 is 6.03 Å². The molecule has 1 aromatic heterocycles. The Morgan fingerprint density at radius 3 is 2.62 bits per heavy atom. The summed E-state index contributed by atoms with van der Waals surface area (Å²) in [6, 6.07) is 6.78. The van der Waals surface area contributed by atoms with Crippen LogP contribution in [0, 0.1) is 0 Å². The molecule has 3 amide bonds. The molecule has 2 aromatic rings. The summed E-state index contributed by atoms with van der Waals surface area (Å²) in [6.45, 7) is 2.46. The molecule has 0 fully saturated rings. The van der Waals surface area contributed by atoms with Gasteiger partial charge in [-0.2, -0.15) is 0 Å². The minimum absolute atomic E-state index is 0.0755. The van der Waals surface area contributed by atoms with E-state index in [9.17, 15) is 9.59 Å². The van der Waals surface area contributed by atoms with Gasteiger partial charge in [0.25, 0.3) is 0 Å². The maximum absolute atomic E-state index is 11.8. The minimum Gasteiger partial charge on any atom is -0.338 e. The molecule has 2 N–H and O–H groups in total. The average Bonchev–Trinajstić information content (AvgIpc) is 2.92. The monoisotopic (exact) mass is 367 g/mol. The maximum Gasteiger partial charge on any atom is 0.321 e. The van der Waals surface area contributed by atoms with Crippen LogP contribution < -0.4 is 10.6 Å². The topological polar surface area (TPSA) is 88.9 Å². The van der Waals surface area contributed by atoms with E-state index in [-0.39, 0.29) is 11.7 Å². The van der Waals surface area contributed by atoms with Crippen molar-refractivity contribution in [1.82, 2.24) is 25.4 Å². The third kappa shape index (κ3) is 4.97. The van der Waals surface area contributed by atoms with Crippen molar-refractivity contribution in [3.05, 3.63) is 29.3 Å². The predicted molar refractivity (Wildman–Crippen MR) is 94.0 cm³/mol. The summed E-state index contributed by atoms with van der Waals surface area (Å²) in [5.74, 6) is 0.367. The molecule has 0 aliphatic carbocycles. The molecule has 0 aliphatic heterocycles. The van der Waals surface area contributed by atoms with E-state index in [0.29, 0.717) is 22.5 Å². The number of benzene rings is 1. The Labute approximate surface area is 149 Å². The van der Waals surface area contributed by atoms with Crippen LogP contribution in [0.2, 0.25) is 5.02 Å². The summed E-state index contributed by atoms with van der Waals surface area (Å²) < 4.78 is 1.79. The lowest BCUT2D eigenvalue weighted by molar-refractivity contribution is -0.117. The zero-order valence-electron chi connectivity index (χ0n) is 13.4. The van der Waals surface area contributed by atoms with Gasteiger partial charge in [0, 0.05) is 24.2 Å². The second-order valence-electron chi connectivity index (χ2n) is 4.96. The van der Waals surface area contributed by atoms with Crippen molar-refractivity contribution in [2.75, 3.05) is 12.3 Å². The number of hydrogen-bond donors (Lipinski definition) is 2. The zero-order valence-corrected chi connectivity index (χ0v) is 14.9. The van der Waals surface area contributed by atoms with Crippen molar-refractivity contribution >= 4 is 35.3 Å². The molecule has 1 heterocycles. The number of rotatable bonds is 6. The fraction of sp³-hybridized carbons (Fsp3) is 0.333. The number of hydrogen-bond acceptors (Lipinski definition) is 5. The summed E-state index contributed by atoms with van der Waals surface area (Å²) in [7, 11) is 1.82. The molecular weight excluding hydrogens is 350 g/mol. The number of carbonyl (C=O) groups excluding carboxylic acids is 2. The Bertz CT molecular complexity index is 717. The highest BCUT2D eigenvalue weighted by Gasteiger charge is 2.14. The second-order valence-corrected chi connectivity index (χ2v) is 6.34. The molecule has 128 valence electrons. The third-order valence-electron chi connectivity index (χ3n) is 3.06. The van der Waals surface area contributed by atoms with Gasteiger partial charge in [-0.3, -0.25) is 10.1 Å². The first-order valence-corrected chi connectivity index (χ1v) is 8.73. The van der Waals surface area contributed by atoms with E-state index in [1.165, 1.54) is 11.8 Å². The van der Waals surface area contributed by atoms with Crippen LogP contribution in [-0.4, -0.2) is 39.0 Å². The smallest absolute Gasteiger partial charge is 0.321 e. The van der Waals surface area contributed by atoms with Crippen LogP contribution in [0.5, 0.6) is 0 Å². The van der Waals surface area contributed by atoms with Gasteiger partial charge >= 0.3 is 6.03 Å². The highest BCUT2D eigenvalue weighted by atomic mass is 35.5. The molecule has 0 unspecified atom stereocenters. The van der Waals surface area contributed by atoms with E-state index in [2.05, 4.69) is 20.8 Å². The molecule has 0 saturated carbocycles. The lowest BCUT2D eigenvalue weighted by atomic mass is 10.2. The van der Waals surface area contributed by atoms with E-state index in [4.69, 9.17) is 11.6 Å². The highest BCUT2D eigenvalue weighted by Crippen LogP contribution is 2.23. The number of amides is 3. The Hall–Kier alpha value is -2.06. The van der Waals surface area contributed by atoms with Crippen molar-refractivity contribution in [3.8, 4) is 11.4 Å². The van der Waals surface area contributed by atoms with Crippen LogP contribution in [0.15, 0.2) is 29.4 Å². The fourth-order valence-electron chi connectivity index (χ4n) is 1.87. The first-order valence-electron chi connectivity index (χ1n) is 7.37. The van der Waals surface area contributed by atoms with Gasteiger partial charge in [-0.15, -0.1) is 10.2 Å². The van der Waals surface area contributed by atoms with Gasteiger partial charge in [0.15, 0.2) is 11.0 Å². The van der Waals surface area contributed by atoms with Crippen LogP contribution in [0.4, 0.5) is 4.79 Å². The molecule has 0 saturated heterocycles. The number of nitrogens with zero attached hydrogens (tertiary/aromatic N) is 3. The standard InChI is InChI=1S/C15H18ClN5O2S/c1-3-8-17-14(23)18-12(22)9-24-15-20-19-13(21(15)2)10-4-6-11(16)7-5-10/h4-7H,3,8-9H2,1-2H3,(H2,17,18,22,23). The van der Waals surface area contributed by atoms with Crippen LogP contribution in [0.3, 0.4) is 0 Å².